The van der Waals surface area contributed by atoms with Crippen LogP contribution in [0.2, 0.25) is 0 Å². The van der Waals surface area contributed by atoms with Crippen LogP contribution in [0.4, 0.5) is 0 Å². The van der Waals surface area contributed by atoms with E-state index in [1.54, 1.807) is 13.1 Å². The fourth-order valence-corrected chi connectivity index (χ4v) is 5.17. The number of allylic oxidation sites excluding steroid dienone is 5. The van der Waals surface area contributed by atoms with Crippen molar-refractivity contribution in [1.29, 1.82) is 0 Å². The molecule has 3 nitrogen and oxygen atoms in total. The number of rotatable bonds is 3. The highest BCUT2D eigenvalue weighted by atomic mass is 16.1. The van der Waals surface area contributed by atoms with Crippen molar-refractivity contribution in [2.75, 3.05) is 7.05 Å². The molecule has 0 bridgehead atoms. The number of terminal acetylenes is 1. The van der Waals surface area contributed by atoms with E-state index in [4.69, 9.17) is 6.42 Å². The first-order valence-corrected chi connectivity index (χ1v) is 10.2. The molecule has 3 aliphatic rings. The molecule has 3 rings (SSSR count). The number of carbonyl (C=O) groups excluding carboxylic acids is 2. The molecule has 3 aliphatic carbocycles. The van der Waals surface area contributed by atoms with Crippen LogP contribution in [-0.2, 0) is 9.59 Å². The van der Waals surface area contributed by atoms with Crippen LogP contribution >= 0.6 is 0 Å². The molecule has 146 valence electrons. The van der Waals surface area contributed by atoms with Gasteiger partial charge < -0.3 is 5.32 Å². The van der Waals surface area contributed by atoms with Crippen LogP contribution in [-0.4, -0.2) is 18.6 Å². The Labute approximate surface area is 164 Å². The van der Waals surface area contributed by atoms with Crippen LogP contribution in [0.5, 0.6) is 0 Å². The van der Waals surface area contributed by atoms with E-state index >= 15 is 0 Å². The van der Waals surface area contributed by atoms with E-state index in [0.717, 1.165) is 36.8 Å². The minimum absolute atomic E-state index is 0.0276. The van der Waals surface area contributed by atoms with Gasteiger partial charge in [-0.2, -0.15) is 0 Å². The Bertz CT molecular complexity index is 764. The molecular formula is C24H33NO2. The highest BCUT2D eigenvalue weighted by molar-refractivity contribution is 6.06. The third-order valence-electron chi connectivity index (χ3n) is 6.47. The normalized spacial score (nSPS) is 34.6. The van der Waals surface area contributed by atoms with E-state index in [-0.39, 0.29) is 28.8 Å². The van der Waals surface area contributed by atoms with Gasteiger partial charge in [0.05, 0.1) is 11.1 Å². The first kappa shape index (κ1) is 21.2. The maximum atomic E-state index is 12.8. The smallest absolute Gasteiger partial charge is 0.201 e. The maximum Gasteiger partial charge on any atom is 0.201 e. The lowest BCUT2D eigenvalue weighted by atomic mass is 9.48. The van der Waals surface area contributed by atoms with E-state index in [0.29, 0.717) is 5.70 Å². The number of nitrogens with one attached hydrogen (secondary N) is 1. The Balaban J connectivity index is 0.00000126. The van der Waals surface area contributed by atoms with Crippen molar-refractivity contribution < 1.29 is 9.59 Å². The molecular weight excluding hydrogens is 334 g/mol. The molecule has 27 heavy (non-hydrogen) atoms. The molecule has 1 N–H and O–H groups in total. The summed E-state index contributed by atoms with van der Waals surface area (Å²) in [5.41, 5.74) is 1.59. The quantitative estimate of drug-likeness (QED) is 0.741. The molecule has 0 aliphatic heterocycles. The topological polar surface area (TPSA) is 46.2 Å². The number of hydrogen-bond acceptors (Lipinski definition) is 3. The van der Waals surface area contributed by atoms with Gasteiger partial charge in [0.15, 0.2) is 5.78 Å². The van der Waals surface area contributed by atoms with E-state index < -0.39 is 5.41 Å². The summed E-state index contributed by atoms with van der Waals surface area (Å²) < 4.78 is 0. The summed E-state index contributed by atoms with van der Waals surface area (Å²) in [6.07, 6.45) is 15.2. The molecule has 0 saturated heterocycles. The fourth-order valence-electron chi connectivity index (χ4n) is 5.17. The first-order chi connectivity index (χ1) is 12.8. The van der Waals surface area contributed by atoms with Crippen molar-refractivity contribution in [3.05, 3.63) is 35.1 Å². The van der Waals surface area contributed by atoms with Crippen molar-refractivity contribution in [2.24, 2.45) is 22.7 Å². The molecule has 0 heterocycles. The minimum atomic E-state index is -0.536. The van der Waals surface area contributed by atoms with Gasteiger partial charge in [0.2, 0.25) is 5.78 Å². The predicted molar refractivity (Wildman–Crippen MR) is 111 cm³/mol. The number of Topliss-reactive ketones (excluding diaryl/α,β-unsaturated/α-hetero) is 1. The van der Waals surface area contributed by atoms with Crippen LogP contribution in [0, 0.1) is 35.0 Å². The van der Waals surface area contributed by atoms with E-state index in [1.165, 1.54) is 0 Å². The van der Waals surface area contributed by atoms with Crippen LogP contribution in [0.25, 0.3) is 0 Å². The van der Waals surface area contributed by atoms with Gasteiger partial charge >= 0.3 is 0 Å². The third kappa shape index (κ3) is 3.20. The summed E-state index contributed by atoms with van der Waals surface area (Å²) in [4.78, 5) is 25.3. The van der Waals surface area contributed by atoms with Gasteiger partial charge in [-0.25, -0.2) is 0 Å². The van der Waals surface area contributed by atoms with Gasteiger partial charge in [-0.3, -0.25) is 9.59 Å². The number of likely N-dealkylation sites (N-methyl/N-ethyl adjacent to an activating group) is 1. The van der Waals surface area contributed by atoms with Gasteiger partial charge in [0, 0.05) is 18.4 Å². The van der Waals surface area contributed by atoms with Crippen molar-refractivity contribution in [1.82, 2.24) is 5.32 Å². The summed E-state index contributed by atoms with van der Waals surface area (Å²) in [5.74, 6) is 3.40. The van der Waals surface area contributed by atoms with E-state index in [9.17, 15) is 9.59 Å². The minimum Gasteiger partial charge on any atom is -0.385 e. The number of hydrogen-bond donors (Lipinski definition) is 1. The molecule has 4 unspecified atom stereocenters. The van der Waals surface area contributed by atoms with Crippen LogP contribution in [0.1, 0.15) is 60.3 Å². The maximum absolute atomic E-state index is 12.8. The van der Waals surface area contributed by atoms with Gasteiger partial charge in [0.25, 0.3) is 0 Å². The number of carbonyl (C=O) groups is 2. The lowest BCUT2D eigenvalue weighted by Crippen LogP contribution is -2.49. The van der Waals surface area contributed by atoms with Gasteiger partial charge in [-0.05, 0) is 48.5 Å². The predicted octanol–water partition coefficient (Wildman–Crippen LogP) is 4.61. The van der Waals surface area contributed by atoms with Crippen LogP contribution in [0.15, 0.2) is 35.1 Å². The Morgan fingerprint density at radius 1 is 1.30 bits per heavy atom. The van der Waals surface area contributed by atoms with Gasteiger partial charge in [0.1, 0.15) is 0 Å². The third-order valence-corrected chi connectivity index (χ3v) is 6.47. The SMILES string of the molecule is C#CC12C=C(NC)C(=O)C=C1C1(C)C=C(CCC)C(=O)C(C)C1CC2.CC. The van der Waals surface area contributed by atoms with Gasteiger partial charge in [-0.15, -0.1) is 6.42 Å². The van der Waals surface area contributed by atoms with Crippen LogP contribution in [0.3, 0.4) is 0 Å². The Morgan fingerprint density at radius 3 is 2.52 bits per heavy atom. The standard InChI is InChI=1S/C22H27NO2.C2H6/c1-6-8-15-12-21(4)16(14(3)20(15)25)9-10-22(7-2)13-17(23-5)18(24)11-19(21)22;1-2/h2,11-14,16,23H,6,8-10H2,1,3-5H3;1-2H3. The fraction of sp³-hybridized carbons (Fsp3) is 0.583. The molecule has 3 heteroatoms. The second-order valence-corrected chi connectivity index (χ2v) is 7.85. The summed E-state index contributed by atoms with van der Waals surface area (Å²) >= 11 is 0. The zero-order chi connectivity index (χ0) is 20.4. The summed E-state index contributed by atoms with van der Waals surface area (Å²) in [7, 11) is 1.75. The van der Waals surface area contributed by atoms with Crippen molar-refractivity contribution in [3.8, 4) is 12.3 Å². The lowest BCUT2D eigenvalue weighted by Gasteiger charge is -2.54. The first-order valence-electron chi connectivity index (χ1n) is 10.2. The zero-order valence-electron chi connectivity index (χ0n) is 17.6. The number of fused-ring (bicyclic) bond motifs is 3. The highest BCUT2D eigenvalue weighted by Gasteiger charge is 2.55. The Hall–Kier alpha value is -2.08. The van der Waals surface area contributed by atoms with Crippen molar-refractivity contribution in [3.63, 3.8) is 0 Å². The Morgan fingerprint density at radius 2 is 1.96 bits per heavy atom. The summed E-state index contributed by atoms with van der Waals surface area (Å²) in [6, 6.07) is 0. The van der Waals surface area contributed by atoms with Gasteiger partial charge in [-0.1, -0.05) is 53.0 Å². The second-order valence-electron chi connectivity index (χ2n) is 7.85. The molecule has 0 amide bonds. The zero-order valence-corrected chi connectivity index (χ0v) is 17.6. The largest absolute Gasteiger partial charge is 0.385 e. The highest BCUT2D eigenvalue weighted by Crippen LogP contribution is 2.60. The molecule has 0 aromatic carbocycles. The monoisotopic (exact) mass is 367 g/mol. The van der Waals surface area contributed by atoms with Crippen molar-refractivity contribution >= 4 is 11.6 Å². The average Bonchev–Trinajstić information content (AvgIpc) is 2.68. The number of ketones is 2. The average molecular weight is 368 g/mol. The molecule has 4 atom stereocenters. The van der Waals surface area contributed by atoms with Crippen LogP contribution < -0.4 is 5.32 Å². The van der Waals surface area contributed by atoms with Crippen molar-refractivity contribution in [2.45, 2.75) is 60.3 Å². The molecule has 0 spiro atoms. The Kier molecular flexibility index (Phi) is 6.20. The van der Waals surface area contributed by atoms with E-state index in [2.05, 4.69) is 31.2 Å². The molecule has 0 aromatic rings. The lowest BCUT2D eigenvalue weighted by molar-refractivity contribution is -0.123. The molecule has 0 aromatic heterocycles. The summed E-state index contributed by atoms with van der Waals surface area (Å²) in [5, 5.41) is 2.98. The molecule has 0 radical (unpaired) electrons. The summed E-state index contributed by atoms with van der Waals surface area (Å²) in [6.45, 7) is 10.3. The molecule has 1 fully saturated rings. The second kappa shape index (κ2) is 7.89. The van der Waals surface area contributed by atoms with E-state index in [1.807, 2.05) is 26.8 Å². The molecule has 1 saturated carbocycles.